The second-order valence-corrected chi connectivity index (χ2v) is 10.8. The van der Waals surface area contributed by atoms with Crippen molar-refractivity contribution in [1.82, 2.24) is 0 Å². The predicted molar refractivity (Wildman–Crippen MR) is 186 cm³/mol. The summed E-state index contributed by atoms with van der Waals surface area (Å²) in [5, 5.41) is 13.3. The van der Waals surface area contributed by atoms with Crippen molar-refractivity contribution in [2.24, 2.45) is 0 Å². The Morgan fingerprint density at radius 3 is 1.56 bits per heavy atom. The Morgan fingerprint density at radius 1 is 0.512 bits per heavy atom. The maximum Gasteiger partial charge on any atom is 0.127 e. The largest absolute Gasteiger partial charge is 0.491 e. The van der Waals surface area contributed by atoms with E-state index in [1.165, 1.54) is 26.1 Å². The van der Waals surface area contributed by atoms with Gasteiger partial charge in [-0.1, -0.05) is 99.5 Å². The number of hydrogen-bond donors (Lipinski definition) is 1. The Balaban J connectivity index is 0.000000247. The fraction of sp³-hybridized carbons (Fsp3) is 0.444. The summed E-state index contributed by atoms with van der Waals surface area (Å²) < 4.78 is 28.2. The summed E-state index contributed by atoms with van der Waals surface area (Å²) in [6.45, 7) is 10.1. The van der Waals surface area contributed by atoms with Gasteiger partial charge < -0.3 is 28.8 Å². The lowest BCUT2D eigenvalue weighted by Crippen LogP contribution is -2.11. The standard InChI is InChI=1S/C18H24O3.C10H7I.C8H18O3/c1-2-3-11-19-12-13-20-14-15-21-18-10-6-8-16-7-4-5-9-17(16)18;11-10-7-3-5-8-4-1-2-6-9(8)10;1-2-3-5-10-7-8-11-6-4-9/h4-10H,2-3,11-15H2,1H3;1-7H;9H,2-8H2,1H3. The molecule has 0 saturated heterocycles. The van der Waals surface area contributed by atoms with Crippen molar-refractivity contribution in [3.05, 3.63) is 88.5 Å². The van der Waals surface area contributed by atoms with Crippen LogP contribution in [-0.2, 0) is 18.9 Å². The molecule has 0 bridgehead atoms. The van der Waals surface area contributed by atoms with Crippen LogP contribution in [0.25, 0.3) is 21.5 Å². The average molecular weight is 705 g/mol. The molecule has 1 N–H and O–H groups in total. The van der Waals surface area contributed by atoms with Crippen LogP contribution in [0.5, 0.6) is 5.75 Å². The molecule has 0 fully saturated rings. The minimum Gasteiger partial charge on any atom is -0.491 e. The van der Waals surface area contributed by atoms with Gasteiger partial charge in [-0.3, -0.25) is 0 Å². The number of aliphatic hydroxyl groups is 1. The van der Waals surface area contributed by atoms with Crippen LogP contribution in [0.15, 0.2) is 84.9 Å². The van der Waals surface area contributed by atoms with Crippen LogP contribution >= 0.6 is 22.6 Å². The quantitative estimate of drug-likeness (QED) is 0.0831. The fourth-order valence-corrected chi connectivity index (χ4v) is 4.62. The summed E-state index contributed by atoms with van der Waals surface area (Å²) >= 11 is 2.36. The van der Waals surface area contributed by atoms with Gasteiger partial charge in [0.2, 0.25) is 0 Å². The topological polar surface area (TPSA) is 66.4 Å². The first-order valence-corrected chi connectivity index (χ1v) is 16.4. The second kappa shape index (κ2) is 25.1. The third-order valence-corrected chi connectivity index (χ3v) is 7.18. The molecule has 0 spiro atoms. The molecule has 0 aliphatic rings. The molecule has 4 rings (SSSR count). The number of fused-ring (bicyclic) bond motifs is 2. The van der Waals surface area contributed by atoms with Gasteiger partial charge in [0.1, 0.15) is 12.4 Å². The third-order valence-electron chi connectivity index (χ3n) is 6.24. The van der Waals surface area contributed by atoms with Crippen LogP contribution in [-0.4, -0.2) is 71.2 Å². The van der Waals surface area contributed by atoms with Crippen LogP contribution in [0.3, 0.4) is 0 Å². The van der Waals surface area contributed by atoms with Gasteiger partial charge in [-0.05, 0) is 63.7 Å². The summed E-state index contributed by atoms with van der Waals surface area (Å²) in [6, 6.07) is 29.1. The normalized spacial score (nSPS) is 10.6. The number of rotatable bonds is 18. The Morgan fingerprint density at radius 2 is 0.977 bits per heavy atom. The van der Waals surface area contributed by atoms with E-state index in [1.54, 1.807) is 0 Å². The van der Waals surface area contributed by atoms with E-state index in [0.717, 1.165) is 43.6 Å². The number of benzene rings is 4. The highest BCUT2D eigenvalue weighted by Crippen LogP contribution is 2.25. The molecule has 0 saturated carbocycles. The van der Waals surface area contributed by atoms with E-state index in [-0.39, 0.29) is 6.61 Å². The monoisotopic (exact) mass is 704 g/mol. The Hall–Kier alpha value is -2.27. The summed E-state index contributed by atoms with van der Waals surface area (Å²) in [5.41, 5.74) is 0. The highest BCUT2D eigenvalue weighted by molar-refractivity contribution is 14.1. The van der Waals surface area contributed by atoms with E-state index in [2.05, 4.69) is 97.1 Å². The maximum absolute atomic E-state index is 8.34. The molecule has 0 aromatic heterocycles. The maximum atomic E-state index is 8.34. The van der Waals surface area contributed by atoms with Crippen molar-refractivity contribution in [2.75, 3.05) is 66.1 Å². The Bertz CT molecular complexity index is 1220. The van der Waals surface area contributed by atoms with Crippen LogP contribution in [0.4, 0.5) is 0 Å². The molecule has 43 heavy (non-hydrogen) atoms. The van der Waals surface area contributed by atoms with E-state index in [9.17, 15) is 0 Å². The van der Waals surface area contributed by atoms with Gasteiger partial charge in [0, 0.05) is 22.2 Å². The second-order valence-electron chi connectivity index (χ2n) is 9.67. The third kappa shape index (κ3) is 16.4. The van der Waals surface area contributed by atoms with Gasteiger partial charge in [0.25, 0.3) is 0 Å². The lowest BCUT2D eigenvalue weighted by Gasteiger charge is -2.10. The van der Waals surface area contributed by atoms with E-state index < -0.39 is 0 Å². The number of unbranched alkanes of at least 4 members (excludes halogenated alkanes) is 2. The van der Waals surface area contributed by atoms with Gasteiger partial charge in [0.05, 0.1) is 46.2 Å². The molecule has 0 unspecified atom stereocenters. The smallest absolute Gasteiger partial charge is 0.127 e. The molecule has 0 radical (unpaired) electrons. The van der Waals surface area contributed by atoms with Crippen LogP contribution in [0.2, 0.25) is 0 Å². The Kier molecular flexibility index (Phi) is 21.5. The van der Waals surface area contributed by atoms with E-state index >= 15 is 0 Å². The number of hydrogen-bond acceptors (Lipinski definition) is 6. The Labute approximate surface area is 271 Å². The number of halogens is 1. The van der Waals surface area contributed by atoms with Crippen molar-refractivity contribution in [3.8, 4) is 5.75 Å². The SMILES string of the molecule is CCCCOCCOCCO.CCCCOCCOCCOc1cccc2ccccc12.Ic1cccc2ccccc12. The van der Waals surface area contributed by atoms with Gasteiger partial charge in [-0.25, -0.2) is 0 Å². The molecule has 4 aromatic carbocycles. The highest BCUT2D eigenvalue weighted by atomic mass is 127. The van der Waals surface area contributed by atoms with Gasteiger partial charge >= 0.3 is 0 Å². The van der Waals surface area contributed by atoms with Crippen molar-refractivity contribution < 1.29 is 28.8 Å². The van der Waals surface area contributed by atoms with E-state index in [0.29, 0.717) is 46.2 Å². The van der Waals surface area contributed by atoms with Crippen molar-refractivity contribution in [1.29, 1.82) is 0 Å². The molecule has 0 amide bonds. The predicted octanol–water partition coefficient (Wildman–Crippen LogP) is 8.31. The molecule has 7 heteroatoms. The lowest BCUT2D eigenvalue weighted by atomic mass is 10.1. The first-order valence-electron chi connectivity index (χ1n) is 15.4. The molecule has 4 aromatic rings. The minimum atomic E-state index is 0.0922. The molecule has 6 nitrogen and oxygen atoms in total. The molecule has 0 aliphatic carbocycles. The zero-order valence-electron chi connectivity index (χ0n) is 25.8. The zero-order chi connectivity index (χ0) is 30.8. The summed E-state index contributed by atoms with van der Waals surface area (Å²) in [6.07, 6.45) is 4.56. The first kappa shape index (κ1) is 36.9. The number of aliphatic hydroxyl groups excluding tert-OH is 1. The number of ether oxygens (including phenoxy) is 5. The molecule has 0 atom stereocenters. The highest BCUT2D eigenvalue weighted by Gasteiger charge is 2.01. The first-order chi connectivity index (χ1) is 21.2. The zero-order valence-corrected chi connectivity index (χ0v) is 28.0. The van der Waals surface area contributed by atoms with Crippen molar-refractivity contribution in [3.63, 3.8) is 0 Å². The molecular weight excluding hydrogens is 655 g/mol. The lowest BCUT2D eigenvalue weighted by molar-refractivity contribution is 0.0324. The summed E-state index contributed by atoms with van der Waals surface area (Å²) in [4.78, 5) is 0. The van der Waals surface area contributed by atoms with Crippen LogP contribution in [0.1, 0.15) is 39.5 Å². The van der Waals surface area contributed by atoms with Crippen LogP contribution in [0, 0.1) is 3.57 Å². The average Bonchev–Trinajstić information content (AvgIpc) is 3.04. The molecule has 236 valence electrons. The molecule has 0 aliphatic heterocycles. The minimum absolute atomic E-state index is 0.0922. The van der Waals surface area contributed by atoms with Gasteiger partial charge in [0.15, 0.2) is 0 Å². The van der Waals surface area contributed by atoms with Gasteiger partial charge in [-0.2, -0.15) is 0 Å². The van der Waals surface area contributed by atoms with Gasteiger partial charge in [-0.15, -0.1) is 0 Å². The molecular formula is C36H49IO6. The molecule has 0 heterocycles. The van der Waals surface area contributed by atoms with E-state index in [1.807, 2.05) is 24.3 Å². The fourth-order valence-electron chi connectivity index (χ4n) is 3.92. The van der Waals surface area contributed by atoms with Crippen molar-refractivity contribution in [2.45, 2.75) is 39.5 Å². The summed E-state index contributed by atoms with van der Waals surface area (Å²) in [7, 11) is 0. The van der Waals surface area contributed by atoms with E-state index in [4.69, 9.17) is 28.8 Å². The van der Waals surface area contributed by atoms with Crippen LogP contribution < -0.4 is 4.74 Å². The van der Waals surface area contributed by atoms with Crippen molar-refractivity contribution >= 4 is 44.1 Å². The summed E-state index contributed by atoms with van der Waals surface area (Å²) in [5.74, 6) is 0.913.